The minimum atomic E-state index is 1.10. The maximum Gasteiger partial charge on any atom is 0.00399 e. The molecule has 0 aromatic rings. The van der Waals surface area contributed by atoms with Gasteiger partial charge in [0.05, 0.1) is 0 Å². The molecule has 0 atom stereocenters. The van der Waals surface area contributed by atoms with Crippen molar-refractivity contribution < 1.29 is 0 Å². The molecular weight excluding hydrogens is 158 g/mol. The molecule has 0 saturated carbocycles. The van der Waals surface area contributed by atoms with Gasteiger partial charge in [-0.3, -0.25) is 0 Å². The van der Waals surface area contributed by atoms with E-state index in [1.54, 1.807) is 0 Å². The van der Waals surface area contributed by atoms with Gasteiger partial charge in [0.25, 0.3) is 0 Å². The number of rotatable bonds is 8. The van der Waals surface area contributed by atoms with Crippen LogP contribution in [0.5, 0.6) is 0 Å². The summed E-state index contributed by atoms with van der Waals surface area (Å²) in [4.78, 5) is 0. The smallest absolute Gasteiger partial charge is 0.00399 e. The summed E-state index contributed by atoms with van der Waals surface area (Å²) in [6, 6.07) is 0. The van der Waals surface area contributed by atoms with Gasteiger partial charge in [0.2, 0.25) is 0 Å². The highest BCUT2D eigenvalue weighted by Crippen LogP contribution is 2.07. The van der Waals surface area contributed by atoms with Gasteiger partial charge in [-0.05, 0) is 25.7 Å². The average Bonchev–Trinajstić information content (AvgIpc) is 2.13. The van der Waals surface area contributed by atoms with Gasteiger partial charge in [-0.25, -0.2) is 0 Å². The lowest BCUT2D eigenvalue weighted by atomic mass is 10.1. The first kappa shape index (κ1) is 12.5. The summed E-state index contributed by atoms with van der Waals surface area (Å²) in [5.41, 5.74) is 6.96. The van der Waals surface area contributed by atoms with Gasteiger partial charge in [-0.1, -0.05) is 45.6 Å². The van der Waals surface area contributed by atoms with Crippen molar-refractivity contribution >= 4 is 0 Å². The molecule has 0 fully saturated rings. The minimum Gasteiger partial charge on any atom is -0.402 e. The van der Waals surface area contributed by atoms with Gasteiger partial charge in [0.1, 0.15) is 0 Å². The van der Waals surface area contributed by atoms with Crippen LogP contribution in [0.4, 0.5) is 0 Å². The molecule has 2 N–H and O–H groups in total. The van der Waals surface area contributed by atoms with Crippen LogP contribution in [0.1, 0.15) is 65.2 Å². The van der Waals surface area contributed by atoms with E-state index in [0.29, 0.717) is 0 Å². The third-order valence-corrected chi connectivity index (χ3v) is 2.28. The molecule has 0 aromatic heterocycles. The van der Waals surface area contributed by atoms with Crippen molar-refractivity contribution in [2.45, 2.75) is 65.2 Å². The molecule has 78 valence electrons. The van der Waals surface area contributed by atoms with Crippen molar-refractivity contribution in [3.05, 3.63) is 11.8 Å². The second-order valence-corrected chi connectivity index (χ2v) is 3.73. The molecule has 1 nitrogen and oxygen atoms in total. The molecule has 0 saturated heterocycles. The Hall–Kier alpha value is -0.460. The number of nitrogens with two attached hydrogens (primary N) is 1. The molecule has 0 aliphatic heterocycles. The van der Waals surface area contributed by atoms with E-state index in [0.717, 1.165) is 12.1 Å². The summed E-state index contributed by atoms with van der Waals surface area (Å²) in [6.07, 6.45) is 12.3. The van der Waals surface area contributed by atoms with Crippen molar-refractivity contribution in [1.82, 2.24) is 0 Å². The molecule has 0 amide bonds. The normalized spacial score (nSPS) is 12.0. The van der Waals surface area contributed by atoms with E-state index in [9.17, 15) is 0 Å². The van der Waals surface area contributed by atoms with Crippen LogP contribution in [-0.4, -0.2) is 0 Å². The van der Waals surface area contributed by atoms with E-state index in [1.165, 1.54) is 44.9 Å². The highest BCUT2D eigenvalue weighted by molar-refractivity contribution is 4.95. The van der Waals surface area contributed by atoms with Crippen molar-refractivity contribution in [3.63, 3.8) is 0 Å². The van der Waals surface area contributed by atoms with Crippen molar-refractivity contribution in [2.24, 2.45) is 5.73 Å². The second-order valence-electron chi connectivity index (χ2n) is 3.73. The molecule has 0 aromatic carbocycles. The van der Waals surface area contributed by atoms with E-state index in [2.05, 4.69) is 19.9 Å². The van der Waals surface area contributed by atoms with Crippen LogP contribution < -0.4 is 5.73 Å². The molecule has 0 heterocycles. The zero-order valence-electron chi connectivity index (χ0n) is 9.31. The van der Waals surface area contributed by atoms with Gasteiger partial charge < -0.3 is 5.73 Å². The van der Waals surface area contributed by atoms with E-state index in [1.807, 2.05) is 0 Å². The standard InChI is InChI=1S/C12H25N/c1-3-5-7-9-11-12(13)10-8-6-4-2/h11H,3-10,13H2,1-2H3. The van der Waals surface area contributed by atoms with E-state index < -0.39 is 0 Å². The van der Waals surface area contributed by atoms with Crippen LogP contribution in [0.2, 0.25) is 0 Å². The summed E-state index contributed by atoms with van der Waals surface area (Å²) < 4.78 is 0. The Morgan fingerprint density at radius 3 is 2.23 bits per heavy atom. The molecule has 0 radical (unpaired) electrons. The number of allylic oxidation sites excluding steroid dienone is 2. The van der Waals surface area contributed by atoms with Gasteiger partial charge in [0, 0.05) is 5.70 Å². The summed E-state index contributed by atoms with van der Waals surface area (Å²) >= 11 is 0. The van der Waals surface area contributed by atoms with Crippen LogP contribution in [0, 0.1) is 0 Å². The topological polar surface area (TPSA) is 26.0 Å². The number of hydrogen-bond acceptors (Lipinski definition) is 1. The SMILES string of the molecule is CCCCCC=C(N)CCCCC. The molecule has 0 spiro atoms. The Balaban J connectivity index is 3.29. The largest absolute Gasteiger partial charge is 0.402 e. The molecule has 0 rings (SSSR count). The summed E-state index contributed by atoms with van der Waals surface area (Å²) in [5, 5.41) is 0. The Labute approximate surface area is 83.4 Å². The maximum absolute atomic E-state index is 5.86. The van der Waals surface area contributed by atoms with E-state index >= 15 is 0 Å². The fourth-order valence-corrected chi connectivity index (χ4v) is 1.36. The highest BCUT2D eigenvalue weighted by Gasteiger charge is 1.90. The Bertz CT molecular complexity index is 127. The Morgan fingerprint density at radius 1 is 1.00 bits per heavy atom. The third kappa shape index (κ3) is 9.45. The summed E-state index contributed by atoms with van der Waals surface area (Å²) in [6.45, 7) is 4.45. The van der Waals surface area contributed by atoms with Crippen molar-refractivity contribution in [2.75, 3.05) is 0 Å². The molecule has 0 aliphatic rings. The van der Waals surface area contributed by atoms with Gasteiger partial charge in [-0.15, -0.1) is 0 Å². The maximum atomic E-state index is 5.86. The van der Waals surface area contributed by atoms with Crippen LogP contribution in [-0.2, 0) is 0 Å². The fourth-order valence-electron chi connectivity index (χ4n) is 1.36. The van der Waals surface area contributed by atoms with Crippen LogP contribution >= 0.6 is 0 Å². The van der Waals surface area contributed by atoms with E-state index in [-0.39, 0.29) is 0 Å². The number of hydrogen-bond donors (Lipinski definition) is 1. The lowest BCUT2D eigenvalue weighted by molar-refractivity contribution is 0.697. The fraction of sp³-hybridized carbons (Fsp3) is 0.833. The van der Waals surface area contributed by atoms with Crippen LogP contribution in [0.15, 0.2) is 11.8 Å². The van der Waals surface area contributed by atoms with Gasteiger partial charge in [0.15, 0.2) is 0 Å². The van der Waals surface area contributed by atoms with Gasteiger partial charge in [-0.2, -0.15) is 0 Å². The predicted octanol–water partition coefficient (Wildman–Crippen LogP) is 3.99. The molecule has 0 aliphatic carbocycles. The van der Waals surface area contributed by atoms with Crippen molar-refractivity contribution in [3.8, 4) is 0 Å². The molecule has 0 unspecified atom stereocenters. The highest BCUT2D eigenvalue weighted by atomic mass is 14.6. The molecule has 1 heteroatoms. The quantitative estimate of drug-likeness (QED) is 0.566. The zero-order valence-corrected chi connectivity index (χ0v) is 9.31. The summed E-state index contributed by atoms with van der Waals surface area (Å²) in [5.74, 6) is 0. The van der Waals surface area contributed by atoms with Crippen LogP contribution in [0.3, 0.4) is 0 Å². The Morgan fingerprint density at radius 2 is 1.62 bits per heavy atom. The first-order chi connectivity index (χ1) is 6.31. The first-order valence-electron chi connectivity index (χ1n) is 5.75. The molecule has 0 bridgehead atoms. The summed E-state index contributed by atoms with van der Waals surface area (Å²) in [7, 11) is 0. The third-order valence-electron chi connectivity index (χ3n) is 2.28. The lowest BCUT2D eigenvalue weighted by Crippen LogP contribution is -1.96. The monoisotopic (exact) mass is 183 g/mol. The lowest BCUT2D eigenvalue weighted by Gasteiger charge is -2.00. The number of unbranched alkanes of at least 4 members (excludes halogenated alkanes) is 5. The Kier molecular flexibility index (Phi) is 9.29. The second kappa shape index (κ2) is 9.63. The molecular formula is C12H25N. The van der Waals surface area contributed by atoms with Gasteiger partial charge >= 0.3 is 0 Å². The van der Waals surface area contributed by atoms with Crippen molar-refractivity contribution in [1.29, 1.82) is 0 Å². The van der Waals surface area contributed by atoms with Crippen LogP contribution in [0.25, 0.3) is 0 Å². The predicted molar refractivity (Wildman–Crippen MR) is 60.6 cm³/mol. The zero-order chi connectivity index (χ0) is 9.94. The molecule has 13 heavy (non-hydrogen) atoms. The average molecular weight is 183 g/mol. The first-order valence-corrected chi connectivity index (χ1v) is 5.75. The van der Waals surface area contributed by atoms with E-state index in [4.69, 9.17) is 5.73 Å². The minimum absolute atomic E-state index is 1.10.